The predicted octanol–water partition coefficient (Wildman–Crippen LogP) is 4.30. The third-order valence-electron chi connectivity index (χ3n) is 5.46. The van der Waals surface area contributed by atoms with Crippen LogP contribution in [0, 0.1) is 17.3 Å². The lowest BCUT2D eigenvalue weighted by molar-refractivity contribution is -0.146. The highest BCUT2D eigenvalue weighted by molar-refractivity contribution is 9.10. The Kier molecular flexibility index (Phi) is 5.66. The second kappa shape index (κ2) is 7.60. The molecule has 136 valence electrons. The summed E-state index contributed by atoms with van der Waals surface area (Å²) in [5.41, 5.74) is 0.477. The monoisotopic (exact) mass is 408 g/mol. The zero-order chi connectivity index (χ0) is 18.0. The Balaban J connectivity index is 1.81. The highest BCUT2D eigenvalue weighted by Crippen LogP contribution is 2.61. The fourth-order valence-corrected chi connectivity index (χ4v) is 4.59. The number of hydrogen-bond donors (Lipinski definition) is 0. The van der Waals surface area contributed by atoms with Crippen molar-refractivity contribution in [2.75, 3.05) is 20.8 Å². The summed E-state index contributed by atoms with van der Waals surface area (Å²) >= 11 is 3.59. The molecule has 5 unspecified atom stereocenters. The SMILES string of the molecule is COC(=O)C1(C=CC(C)C(OC)c2ccccc2Br)C2CCCOC21. The Morgan fingerprint density at radius 3 is 2.76 bits per heavy atom. The Morgan fingerprint density at radius 1 is 1.40 bits per heavy atom. The van der Waals surface area contributed by atoms with Crippen LogP contribution in [0.15, 0.2) is 40.9 Å². The number of carbonyl (C=O) groups excluding carboxylic acids is 1. The standard InChI is InChI=1S/C20H25BrO4/c1-13(17(23-2)14-7-4-5-9-16(14)21)10-11-20(19(22)24-3)15-8-6-12-25-18(15)20/h4-5,7,9-11,13,15,17-18H,6,8,12H2,1-3H3. The molecule has 0 spiro atoms. The number of fused-ring (bicyclic) bond motifs is 1. The van der Waals surface area contributed by atoms with Gasteiger partial charge in [-0.1, -0.05) is 53.2 Å². The van der Waals surface area contributed by atoms with Crippen molar-refractivity contribution in [1.29, 1.82) is 0 Å². The first-order valence-corrected chi connectivity index (χ1v) is 9.52. The minimum absolute atomic E-state index is 0.0402. The Morgan fingerprint density at radius 2 is 2.16 bits per heavy atom. The molecule has 1 aliphatic heterocycles. The van der Waals surface area contributed by atoms with Gasteiger partial charge in [0.1, 0.15) is 5.41 Å². The van der Waals surface area contributed by atoms with Crippen LogP contribution in [0.25, 0.3) is 0 Å². The summed E-state index contributed by atoms with van der Waals surface area (Å²) in [6.07, 6.45) is 5.96. The number of ether oxygens (including phenoxy) is 3. The number of methoxy groups -OCH3 is 2. The third kappa shape index (κ3) is 3.29. The van der Waals surface area contributed by atoms with E-state index in [-0.39, 0.29) is 30.0 Å². The lowest BCUT2D eigenvalue weighted by Crippen LogP contribution is -2.21. The van der Waals surface area contributed by atoms with Gasteiger partial charge in [-0.3, -0.25) is 4.79 Å². The van der Waals surface area contributed by atoms with E-state index in [1.54, 1.807) is 7.11 Å². The first-order chi connectivity index (χ1) is 12.1. The molecule has 1 aliphatic carbocycles. The van der Waals surface area contributed by atoms with Crippen LogP contribution in [0.2, 0.25) is 0 Å². The quantitative estimate of drug-likeness (QED) is 0.519. The number of rotatable bonds is 6. The van der Waals surface area contributed by atoms with E-state index in [2.05, 4.69) is 35.0 Å². The van der Waals surface area contributed by atoms with Crippen LogP contribution >= 0.6 is 15.9 Å². The van der Waals surface area contributed by atoms with Crippen LogP contribution in [-0.2, 0) is 19.0 Å². The van der Waals surface area contributed by atoms with Gasteiger partial charge in [0, 0.05) is 30.0 Å². The molecule has 2 fully saturated rings. The summed E-state index contributed by atoms with van der Waals surface area (Å²) in [6, 6.07) is 8.05. The molecule has 5 atom stereocenters. The van der Waals surface area contributed by atoms with Gasteiger partial charge in [-0.15, -0.1) is 0 Å². The van der Waals surface area contributed by atoms with Gasteiger partial charge in [0.15, 0.2) is 0 Å². The smallest absolute Gasteiger partial charge is 0.318 e. The van der Waals surface area contributed by atoms with Gasteiger partial charge >= 0.3 is 5.97 Å². The molecule has 1 saturated heterocycles. The third-order valence-corrected chi connectivity index (χ3v) is 6.18. The van der Waals surface area contributed by atoms with Crippen LogP contribution in [0.4, 0.5) is 0 Å². The minimum atomic E-state index is -0.619. The molecular formula is C20H25BrO4. The maximum atomic E-state index is 12.4. The number of benzene rings is 1. The van der Waals surface area contributed by atoms with Crippen LogP contribution in [0.3, 0.4) is 0 Å². The van der Waals surface area contributed by atoms with Gasteiger partial charge in [0.2, 0.25) is 0 Å². The highest BCUT2D eigenvalue weighted by Gasteiger charge is 2.70. The summed E-state index contributed by atoms with van der Waals surface area (Å²) < 4.78 is 17.7. The second-order valence-electron chi connectivity index (χ2n) is 6.86. The molecule has 1 aromatic rings. The number of carbonyl (C=O) groups is 1. The van der Waals surface area contributed by atoms with E-state index in [1.807, 2.05) is 24.3 Å². The van der Waals surface area contributed by atoms with E-state index in [0.717, 1.165) is 29.5 Å². The van der Waals surface area contributed by atoms with Crippen molar-refractivity contribution in [3.63, 3.8) is 0 Å². The normalized spacial score (nSPS) is 30.6. The molecule has 4 nitrogen and oxygen atoms in total. The van der Waals surface area contributed by atoms with E-state index in [0.29, 0.717) is 0 Å². The summed E-state index contributed by atoms with van der Waals surface area (Å²) in [7, 11) is 3.16. The Hall–Kier alpha value is -1.17. The molecule has 0 bridgehead atoms. The maximum Gasteiger partial charge on any atom is 0.318 e. The fourth-order valence-electron chi connectivity index (χ4n) is 4.08. The van der Waals surface area contributed by atoms with E-state index in [4.69, 9.17) is 14.2 Å². The van der Waals surface area contributed by atoms with Gasteiger partial charge in [0.25, 0.3) is 0 Å². The molecule has 1 heterocycles. The molecule has 0 N–H and O–H groups in total. The minimum Gasteiger partial charge on any atom is -0.468 e. The number of esters is 1. The Bertz CT molecular complexity index is 645. The molecule has 0 aromatic heterocycles. The average molecular weight is 409 g/mol. The summed E-state index contributed by atoms with van der Waals surface area (Å²) in [4.78, 5) is 12.4. The van der Waals surface area contributed by atoms with Crippen molar-refractivity contribution in [3.05, 3.63) is 46.5 Å². The highest BCUT2D eigenvalue weighted by atomic mass is 79.9. The molecule has 3 rings (SSSR count). The van der Waals surface area contributed by atoms with Crippen LogP contribution < -0.4 is 0 Å². The molecule has 0 radical (unpaired) electrons. The zero-order valence-corrected chi connectivity index (χ0v) is 16.5. The predicted molar refractivity (Wildman–Crippen MR) is 99.1 cm³/mol. The van der Waals surface area contributed by atoms with Gasteiger partial charge in [0.05, 0.1) is 19.3 Å². The van der Waals surface area contributed by atoms with Gasteiger partial charge in [-0.2, -0.15) is 0 Å². The van der Waals surface area contributed by atoms with E-state index in [1.165, 1.54) is 7.11 Å². The van der Waals surface area contributed by atoms with Crippen molar-refractivity contribution in [2.24, 2.45) is 17.3 Å². The number of halogens is 1. The van der Waals surface area contributed by atoms with Crippen molar-refractivity contribution in [2.45, 2.75) is 32.0 Å². The lowest BCUT2D eigenvalue weighted by Gasteiger charge is -2.22. The lowest BCUT2D eigenvalue weighted by atomic mass is 9.93. The zero-order valence-electron chi connectivity index (χ0n) is 14.9. The summed E-state index contributed by atoms with van der Waals surface area (Å²) in [6.45, 7) is 2.82. The van der Waals surface area contributed by atoms with E-state index in [9.17, 15) is 4.79 Å². The first kappa shape index (κ1) is 18.6. The fraction of sp³-hybridized carbons (Fsp3) is 0.550. The van der Waals surface area contributed by atoms with Crippen molar-refractivity contribution < 1.29 is 19.0 Å². The molecular weight excluding hydrogens is 384 g/mol. The average Bonchev–Trinajstić information content (AvgIpc) is 3.30. The molecule has 1 aromatic carbocycles. The maximum absolute atomic E-state index is 12.4. The molecule has 1 saturated carbocycles. The van der Waals surface area contributed by atoms with Gasteiger partial charge in [-0.25, -0.2) is 0 Å². The van der Waals surface area contributed by atoms with Crippen molar-refractivity contribution >= 4 is 21.9 Å². The molecule has 0 amide bonds. The van der Waals surface area contributed by atoms with Crippen LogP contribution in [0.5, 0.6) is 0 Å². The molecule has 2 aliphatic rings. The van der Waals surface area contributed by atoms with Crippen LogP contribution in [0.1, 0.15) is 31.4 Å². The second-order valence-corrected chi connectivity index (χ2v) is 7.72. The van der Waals surface area contributed by atoms with E-state index >= 15 is 0 Å². The summed E-state index contributed by atoms with van der Waals surface area (Å²) in [5.74, 6) is 0.150. The Labute approximate surface area is 157 Å². The molecule has 25 heavy (non-hydrogen) atoms. The van der Waals surface area contributed by atoms with Gasteiger partial charge < -0.3 is 14.2 Å². The molecule has 5 heteroatoms. The first-order valence-electron chi connectivity index (χ1n) is 8.72. The van der Waals surface area contributed by atoms with Gasteiger partial charge in [-0.05, 0) is 24.5 Å². The van der Waals surface area contributed by atoms with Crippen molar-refractivity contribution in [3.8, 4) is 0 Å². The van der Waals surface area contributed by atoms with Crippen LogP contribution in [-0.4, -0.2) is 32.9 Å². The summed E-state index contributed by atoms with van der Waals surface area (Å²) in [5, 5.41) is 0. The van der Waals surface area contributed by atoms with E-state index < -0.39 is 5.41 Å². The largest absolute Gasteiger partial charge is 0.468 e. The van der Waals surface area contributed by atoms with Crippen molar-refractivity contribution in [1.82, 2.24) is 0 Å². The topological polar surface area (TPSA) is 44.8 Å². The number of hydrogen-bond acceptors (Lipinski definition) is 4.